The Balaban J connectivity index is 1.87. The number of likely N-dealkylation sites (N-methyl/N-ethyl adjacent to an activating group) is 1. The molecule has 0 aliphatic heterocycles. The fourth-order valence-electron chi connectivity index (χ4n) is 2.96. The summed E-state index contributed by atoms with van der Waals surface area (Å²) in [5.41, 5.74) is 3.51. The lowest BCUT2D eigenvalue weighted by atomic mass is 10.1. The summed E-state index contributed by atoms with van der Waals surface area (Å²) in [4.78, 5) is 19.3. The van der Waals surface area contributed by atoms with E-state index in [1.807, 2.05) is 56.7 Å². The zero-order valence-corrected chi connectivity index (χ0v) is 14.3. The average molecular weight is 333 g/mol. The highest BCUT2D eigenvalue weighted by molar-refractivity contribution is 5.84. The predicted molar refractivity (Wildman–Crippen MR) is 98.7 cm³/mol. The number of hydrogen-bond donors (Lipinski definition) is 0. The van der Waals surface area contributed by atoms with Crippen LogP contribution >= 0.6 is 0 Å². The standard InChI is InChI=1S/C19H19N5O/c1-22(2)10-11-23-9-8-17-16(19(23)25)12-20-18-15(13-21-24(17)18)14-6-4-3-5-7-14/h3-9,12-13H,10-11H2,1-2H3. The van der Waals surface area contributed by atoms with E-state index in [1.54, 1.807) is 21.5 Å². The average Bonchev–Trinajstić information content (AvgIpc) is 3.06. The maximum Gasteiger partial charge on any atom is 0.261 e. The summed E-state index contributed by atoms with van der Waals surface area (Å²) in [6.45, 7) is 1.45. The van der Waals surface area contributed by atoms with Gasteiger partial charge in [-0.25, -0.2) is 9.50 Å². The van der Waals surface area contributed by atoms with Gasteiger partial charge >= 0.3 is 0 Å². The summed E-state index contributed by atoms with van der Waals surface area (Å²) < 4.78 is 3.47. The van der Waals surface area contributed by atoms with E-state index >= 15 is 0 Å². The van der Waals surface area contributed by atoms with E-state index in [0.717, 1.165) is 28.8 Å². The van der Waals surface area contributed by atoms with Crippen molar-refractivity contribution in [1.82, 2.24) is 24.1 Å². The van der Waals surface area contributed by atoms with Crippen LogP contribution in [0.4, 0.5) is 0 Å². The van der Waals surface area contributed by atoms with Crippen molar-refractivity contribution < 1.29 is 0 Å². The molecule has 1 aromatic carbocycles. The van der Waals surface area contributed by atoms with Gasteiger partial charge in [-0.05, 0) is 25.7 Å². The highest BCUT2D eigenvalue weighted by Crippen LogP contribution is 2.24. The minimum atomic E-state index is -0.0366. The maximum atomic E-state index is 12.7. The van der Waals surface area contributed by atoms with Crippen LogP contribution in [0.1, 0.15) is 0 Å². The number of aromatic nitrogens is 4. The third-order valence-electron chi connectivity index (χ3n) is 4.34. The van der Waals surface area contributed by atoms with Gasteiger partial charge in [0, 0.05) is 31.0 Å². The maximum absolute atomic E-state index is 12.7. The van der Waals surface area contributed by atoms with Gasteiger partial charge < -0.3 is 9.47 Å². The van der Waals surface area contributed by atoms with E-state index in [-0.39, 0.29) is 5.56 Å². The summed E-state index contributed by atoms with van der Waals surface area (Å²) in [6.07, 6.45) is 5.29. The summed E-state index contributed by atoms with van der Waals surface area (Å²) in [5, 5.41) is 5.05. The number of benzene rings is 1. The zero-order chi connectivity index (χ0) is 17.4. The quantitative estimate of drug-likeness (QED) is 0.575. The van der Waals surface area contributed by atoms with Gasteiger partial charge in [0.2, 0.25) is 0 Å². The van der Waals surface area contributed by atoms with E-state index in [9.17, 15) is 4.79 Å². The van der Waals surface area contributed by atoms with E-state index < -0.39 is 0 Å². The smallest absolute Gasteiger partial charge is 0.261 e. The van der Waals surface area contributed by atoms with Gasteiger partial charge in [0.1, 0.15) is 0 Å². The van der Waals surface area contributed by atoms with Crippen LogP contribution in [0.15, 0.2) is 59.8 Å². The SMILES string of the molecule is CN(C)CCn1ccc2c(cnc3c(-c4ccccc4)cnn32)c1=O. The lowest BCUT2D eigenvalue weighted by molar-refractivity contribution is 0.381. The van der Waals surface area contributed by atoms with Crippen LogP contribution in [0.25, 0.3) is 27.7 Å². The molecule has 3 heterocycles. The number of pyridine rings is 1. The Morgan fingerprint density at radius 1 is 1.08 bits per heavy atom. The van der Waals surface area contributed by atoms with E-state index in [0.29, 0.717) is 11.9 Å². The molecule has 0 aliphatic rings. The molecule has 0 N–H and O–H groups in total. The van der Waals surface area contributed by atoms with Crippen molar-refractivity contribution in [3.05, 3.63) is 65.3 Å². The first kappa shape index (κ1) is 15.5. The third-order valence-corrected chi connectivity index (χ3v) is 4.34. The van der Waals surface area contributed by atoms with Crippen molar-refractivity contribution in [2.45, 2.75) is 6.54 Å². The Morgan fingerprint density at radius 2 is 1.88 bits per heavy atom. The molecule has 0 spiro atoms. The first-order valence-electron chi connectivity index (χ1n) is 8.21. The van der Waals surface area contributed by atoms with Gasteiger partial charge in [-0.3, -0.25) is 4.79 Å². The van der Waals surface area contributed by atoms with Crippen LogP contribution in [-0.4, -0.2) is 44.7 Å². The van der Waals surface area contributed by atoms with Crippen molar-refractivity contribution in [2.24, 2.45) is 0 Å². The third kappa shape index (κ3) is 2.70. The Morgan fingerprint density at radius 3 is 2.64 bits per heavy atom. The molecule has 0 unspecified atom stereocenters. The minimum Gasteiger partial charge on any atom is -0.314 e. The number of hydrogen-bond acceptors (Lipinski definition) is 4. The largest absolute Gasteiger partial charge is 0.314 e. The molecule has 0 amide bonds. The molecule has 4 aromatic rings. The van der Waals surface area contributed by atoms with Gasteiger partial charge in [-0.15, -0.1) is 0 Å². The van der Waals surface area contributed by atoms with Gasteiger partial charge in [0.25, 0.3) is 5.56 Å². The predicted octanol–water partition coefficient (Wildman–Crippen LogP) is 2.27. The van der Waals surface area contributed by atoms with Crippen LogP contribution in [-0.2, 0) is 6.54 Å². The Bertz CT molecular complexity index is 1100. The first-order chi connectivity index (χ1) is 12.1. The lowest BCUT2D eigenvalue weighted by Gasteiger charge is -2.12. The summed E-state index contributed by atoms with van der Waals surface area (Å²) >= 11 is 0. The fourth-order valence-corrected chi connectivity index (χ4v) is 2.96. The molecule has 0 saturated heterocycles. The number of rotatable bonds is 4. The van der Waals surface area contributed by atoms with Crippen molar-refractivity contribution in [1.29, 1.82) is 0 Å². The highest BCUT2D eigenvalue weighted by atomic mass is 16.1. The van der Waals surface area contributed by atoms with E-state index in [2.05, 4.69) is 15.0 Å². The molecule has 3 aromatic heterocycles. The van der Waals surface area contributed by atoms with E-state index in [1.165, 1.54) is 0 Å². The second kappa shape index (κ2) is 6.14. The van der Waals surface area contributed by atoms with Crippen LogP contribution in [0.2, 0.25) is 0 Å². The number of nitrogens with zero attached hydrogens (tertiary/aromatic N) is 5. The summed E-state index contributed by atoms with van der Waals surface area (Å²) in [5.74, 6) is 0. The fraction of sp³-hybridized carbons (Fsp3) is 0.211. The van der Waals surface area contributed by atoms with Crippen LogP contribution in [0, 0.1) is 0 Å². The molecule has 126 valence electrons. The first-order valence-corrected chi connectivity index (χ1v) is 8.21. The molecule has 6 nitrogen and oxygen atoms in total. The van der Waals surface area contributed by atoms with Crippen LogP contribution in [0.3, 0.4) is 0 Å². The topological polar surface area (TPSA) is 55.4 Å². The van der Waals surface area contributed by atoms with Crippen molar-refractivity contribution >= 4 is 16.6 Å². The Kier molecular flexibility index (Phi) is 3.82. The van der Waals surface area contributed by atoms with Crippen LogP contribution < -0.4 is 5.56 Å². The second-order valence-electron chi connectivity index (χ2n) is 6.33. The molecule has 0 aliphatic carbocycles. The van der Waals surface area contributed by atoms with Crippen molar-refractivity contribution in [3.8, 4) is 11.1 Å². The Labute approximate surface area is 145 Å². The minimum absolute atomic E-state index is 0.0366. The molecule has 25 heavy (non-hydrogen) atoms. The zero-order valence-electron chi connectivity index (χ0n) is 14.3. The molecular weight excluding hydrogens is 314 g/mol. The number of fused-ring (bicyclic) bond motifs is 3. The Hall–Kier alpha value is -2.99. The lowest BCUT2D eigenvalue weighted by Crippen LogP contribution is -2.26. The van der Waals surface area contributed by atoms with Gasteiger partial charge in [-0.2, -0.15) is 5.10 Å². The summed E-state index contributed by atoms with van der Waals surface area (Å²) in [7, 11) is 3.98. The molecular formula is C19H19N5O. The molecule has 0 fully saturated rings. The molecule has 0 bridgehead atoms. The van der Waals surface area contributed by atoms with Crippen molar-refractivity contribution in [2.75, 3.05) is 20.6 Å². The van der Waals surface area contributed by atoms with E-state index in [4.69, 9.17) is 0 Å². The monoisotopic (exact) mass is 333 g/mol. The van der Waals surface area contributed by atoms with Gasteiger partial charge in [0.05, 0.1) is 17.1 Å². The molecule has 0 radical (unpaired) electrons. The molecule has 0 saturated carbocycles. The van der Waals surface area contributed by atoms with Gasteiger partial charge in [0.15, 0.2) is 5.65 Å². The van der Waals surface area contributed by atoms with Gasteiger partial charge in [-0.1, -0.05) is 30.3 Å². The molecule has 4 rings (SSSR count). The normalized spacial score (nSPS) is 11.6. The van der Waals surface area contributed by atoms with Crippen molar-refractivity contribution in [3.63, 3.8) is 0 Å². The van der Waals surface area contributed by atoms with Crippen LogP contribution in [0.5, 0.6) is 0 Å². The second-order valence-corrected chi connectivity index (χ2v) is 6.33. The summed E-state index contributed by atoms with van der Waals surface area (Å²) in [6, 6.07) is 12.0. The molecule has 6 heteroatoms. The molecule has 0 atom stereocenters. The highest BCUT2D eigenvalue weighted by Gasteiger charge is 2.12.